The highest BCUT2D eigenvalue weighted by molar-refractivity contribution is 7.91. The second-order valence-electron chi connectivity index (χ2n) is 5.05. The molecule has 2 heterocycles. The minimum Gasteiger partial charge on any atom is -0.379 e. The molecule has 1 fully saturated rings. The van der Waals surface area contributed by atoms with Gasteiger partial charge < -0.3 is 10.1 Å². The predicted octanol–water partition coefficient (Wildman–Crippen LogP) is 0.386. The van der Waals surface area contributed by atoms with Gasteiger partial charge in [-0.3, -0.25) is 4.90 Å². The largest absolute Gasteiger partial charge is 0.379 e. The lowest BCUT2D eigenvalue weighted by Gasteiger charge is -2.26. The SMILES string of the molecule is CNCc1sc(S(=O)(=O)NCCN2CCOCC2)cc1C. The lowest BCUT2D eigenvalue weighted by atomic mass is 10.3. The van der Waals surface area contributed by atoms with Crippen molar-refractivity contribution in [1.82, 2.24) is 14.9 Å². The van der Waals surface area contributed by atoms with Crippen molar-refractivity contribution in [3.05, 3.63) is 16.5 Å². The van der Waals surface area contributed by atoms with Crippen LogP contribution in [-0.4, -0.2) is 59.8 Å². The average Bonchev–Trinajstić information content (AvgIpc) is 2.83. The molecule has 2 rings (SSSR count). The minimum atomic E-state index is -3.40. The summed E-state index contributed by atoms with van der Waals surface area (Å²) in [5.41, 5.74) is 1.02. The van der Waals surface area contributed by atoms with Crippen molar-refractivity contribution in [3.8, 4) is 0 Å². The smallest absolute Gasteiger partial charge is 0.250 e. The Morgan fingerprint density at radius 1 is 1.38 bits per heavy atom. The zero-order valence-corrected chi connectivity index (χ0v) is 14.1. The fourth-order valence-electron chi connectivity index (χ4n) is 2.19. The summed E-state index contributed by atoms with van der Waals surface area (Å²) in [6.07, 6.45) is 0. The van der Waals surface area contributed by atoms with Crippen molar-refractivity contribution in [2.75, 3.05) is 46.4 Å². The maximum Gasteiger partial charge on any atom is 0.250 e. The van der Waals surface area contributed by atoms with Crippen molar-refractivity contribution in [1.29, 1.82) is 0 Å². The maximum absolute atomic E-state index is 12.3. The molecule has 8 heteroatoms. The molecule has 1 saturated heterocycles. The number of thiophene rings is 1. The lowest BCUT2D eigenvalue weighted by molar-refractivity contribution is 0.0390. The zero-order valence-electron chi connectivity index (χ0n) is 12.5. The van der Waals surface area contributed by atoms with E-state index in [1.54, 1.807) is 6.07 Å². The van der Waals surface area contributed by atoms with E-state index in [1.807, 2.05) is 14.0 Å². The number of nitrogens with one attached hydrogen (secondary N) is 2. The number of morpholine rings is 1. The van der Waals surface area contributed by atoms with E-state index < -0.39 is 10.0 Å². The number of hydrogen-bond acceptors (Lipinski definition) is 6. The molecule has 1 aliphatic heterocycles. The number of nitrogens with zero attached hydrogens (tertiary/aromatic N) is 1. The van der Waals surface area contributed by atoms with Crippen LogP contribution in [0.3, 0.4) is 0 Å². The summed E-state index contributed by atoms with van der Waals surface area (Å²) in [5, 5.41) is 3.05. The average molecular weight is 333 g/mol. The van der Waals surface area contributed by atoms with Gasteiger partial charge in [0.2, 0.25) is 10.0 Å². The van der Waals surface area contributed by atoms with Gasteiger partial charge in [0.1, 0.15) is 4.21 Å². The van der Waals surface area contributed by atoms with E-state index in [0.29, 0.717) is 17.3 Å². The summed E-state index contributed by atoms with van der Waals surface area (Å²) in [7, 11) is -1.54. The van der Waals surface area contributed by atoms with E-state index >= 15 is 0 Å². The van der Waals surface area contributed by atoms with Crippen LogP contribution < -0.4 is 10.0 Å². The van der Waals surface area contributed by atoms with Crippen molar-refractivity contribution in [2.45, 2.75) is 17.7 Å². The molecule has 1 aromatic rings. The highest BCUT2D eigenvalue weighted by atomic mass is 32.2. The highest BCUT2D eigenvalue weighted by Crippen LogP contribution is 2.25. The highest BCUT2D eigenvalue weighted by Gasteiger charge is 2.19. The van der Waals surface area contributed by atoms with Gasteiger partial charge in [0, 0.05) is 37.6 Å². The third kappa shape index (κ3) is 4.73. The summed E-state index contributed by atoms with van der Waals surface area (Å²) in [6, 6.07) is 1.74. The number of rotatable bonds is 7. The molecule has 0 unspecified atom stereocenters. The van der Waals surface area contributed by atoms with Crippen LogP contribution in [0.5, 0.6) is 0 Å². The van der Waals surface area contributed by atoms with Gasteiger partial charge in [-0.15, -0.1) is 11.3 Å². The van der Waals surface area contributed by atoms with E-state index in [2.05, 4.69) is 14.9 Å². The molecule has 0 aliphatic carbocycles. The summed E-state index contributed by atoms with van der Waals surface area (Å²) < 4.78 is 32.9. The first kappa shape index (κ1) is 16.9. The Bertz CT molecular complexity index is 551. The number of sulfonamides is 1. The summed E-state index contributed by atoms with van der Waals surface area (Å²) in [5.74, 6) is 0. The molecule has 120 valence electrons. The molecular formula is C13H23N3O3S2. The molecule has 0 spiro atoms. The van der Waals surface area contributed by atoms with Crippen molar-refractivity contribution in [3.63, 3.8) is 0 Å². The third-order valence-corrected chi connectivity index (χ3v) is 6.60. The van der Waals surface area contributed by atoms with Crippen LogP contribution in [0.2, 0.25) is 0 Å². The Kier molecular flexibility index (Phi) is 6.15. The van der Waals surface area contributed by atoms with Gasteiger partial charge in [-0.25, -0.2) is 13.1 Å². The Hall–Kier alpha value is -0.510. The second kappa shape index (κ2) is 7.66. The van der Waals surface area contributed by atoms with Gasteiger partial charge in [-0.1, -0.05) is 0 Å². The minimum absolute atomic E-state index is 0.396. The summed E-state index contributed by atoms with van der Waals surface area (Å²) in [4.78, 5) is 3.27. The van der Waals surface area contributed by atoms with Gasteiger partial charge in [-0.05, 0) is 25.6 Å². The van der Waals surface area contributed by atoms with Crippen LogP contribution in [0.25, 0.3) is 0 Å². The van der Waals surface area contributed by atoms with Crippen LogP contribution in [0, 0.1) is 6.92 Å². The van der Waals surface area contributed by atoms with Crippen LogP contribution in [0.15, 0.2) is 10.3 Å². The molecule has 1 aromatic heterocycles. The van der Waals surface area contributed by atoms with Crippen molar-refractivity contribution < 1.29 is 13.2 Å². The molecule has 6 nitrogen and oxygen atoms in total. The molecular weight excluding hydrogens is 310 g/mol. The number of ether oxygens (including phenoxy) is 1. The predicted molar refractivity (Wildman–Crippen MR) is 84.3 cm³/mol. The Balaban J connectivity index is 1.90. The van der Waals surface area contributed by atoms with E-state index in [-0.39, 0.29) is 0 Å². The van der Waals surface area contributed by atoms with Crippen LogP contribution >= 0.6 is 11.3 Å². The van der Waals surface area contributed by atoms with Crippen molar-refractivity contribution >= 4 is 21.4 Å². The third-order valence-electron chi connectivity index (χ3n) is 3.42. The monoisotopic (exact) mass is 333 g/mol. The van der Waals surface area contributed by atoms with Gasteiger partial charge in [0.15, 0.2) is 0 Å². The van der Waals surface area contributed by atoms with Gasteiger partial charge in [-0.2, -0.15) is 0 Å². The standard InChI is InChI=1S/C13H23N3O3S2/c1-11-9-13(20-12(11)10-14-2)21(17,18)15-3-4-16-5-7-19-8-6-16/h9,14-15H,3-8,10H2,1-2H3. The normalized spacial score (nSPS) is 17.2. The topological polar surface area (TPSA) is 70.7 Å². The molecule has 1 aliphatic rings. The fraction of sp³-hybridized carbons (Fsp3) is 0.692. The molecule has 0 aromatic carbocycles. The fourth-order valence-corrected chi connectivity index (χ4v) is 4.86. The molecule has 0 saturated carbocycles. The summed E-state index contributed by atoms with van der Waals surface area (Å²) in [6.45, 7) is 6.97. The molecule has 0 bridgehead atoms. The first-order valence-corrected chi connectivity index (χ1v) is 9.36. The van der Waals surface area contributed by atoms with Crippen molar-refractivity contribution in [2.24, 2.45) is 0 Å². The Morgan fingerprint density at radius 3 is 2.76 bits per heavy atom. The molecule has 0 atom stereocenters. The first-order chi connectivity index (χ1) is 10.0. The lowest BCUT2D eigenvalue weighted by Crippen LogP contribution is -2.41. The van der Waals surface area contributed by atoms with Crippen LogP contribution in [0.4, 0.5) is 0 Å². The van der Waals surface area contributed by atoms with E-state index in [0.717, 1.165) is 43.3 Å². The molecule has 2 N–H and O–H groups in total. The zero-order chi connectivity index (χ0) is 15.3. The number of hydrogen-bond donors (Lipinski definition) is 2. The van der Waals surface area contributed by atoms with Gasteiger partial charge >= 0.3 is 0 Å². The van der Waals surface area contributed by atoms with E-state index in [9.17, 15) is 8.42 Å². The maximum atomic E-state index is 12.3. The Labute approximate surface area is 130 Å². The second-order valence-corrected chi connectivity index (χ2v) is 8.18. The van der Waals surface area contributed by atoms with Crippen LogP contribution in [-0.2, 0) is 21.3 Å². The molecule has 21 heavy (non-hydrogen) atoms. The van der Waals surface area contributed by atoms with Gasteiger partial charge in [0.05, 0.1) is 13.2 Å². The van der Waals surface area contributed by atoms with E-state index in [4.69, 9.17) is 4.74 Å². The first-order valence-electron chi connectivity index (χ1n) is 7.06. The Morgan fingerprint density at radius 2 is 2.10 bits per heavy atom. The molecule has 0 amide bonds. The quantitative estimate of drug-likeness (QED) is 0.755. The molecule has 0 radical (unpaired) electrons. The van der Waals surface area contributed by atoms with E-state index in [1.165, 1.54) is 11.3 Å². The van der Waals surface area contributed by atoms with Gasteiger partial charge in [0.25, 0.3) is 0 Å². The number of aryl methyl sites for hydroxylation is 1. The summed E-state index contributed by atoms with van der Waals surface area (Å²) >= 11 is 1.33. The van der Waals surface area contributed by atoms with Crippen LogP contribution in [0.1, 0.15) is 10.4 Å².